The van der Waals surface area contributed by atoms with Crippen LogP contribution in [0.3, 0.4) is 0 Å². The fraction of sp³-hybridized carbons (Fsp3) is 0.250. The van der Waals surface area contributed by atoms with Gasteiger partial charge in [-0.2, -0.15) is 9.97 Å². The zero-order valence-electron chi connectivity index (χ0n) is 13.0. The van der Waals surface area contributed by atoms with Crippen LogP contribution in [0.25, 0.3) is 11.2 Å². The summed E-state index contributed by atoms with van der Waals surface area (Å²) < 4.78 is 12.6. The van der Waals surface area contributed by atoms with Gasteiger partial charge in [-0.25, -0.2) is 9.78 Å². The van der Waals surface area contributed by atoms with Crippen LogP contribution in [-0.2, 0) is 16.0 Å². The lowest BCUT2D eigenvalue weighted by atomic mass is 10.2. The van der Waals surface area contributed by atoms with Crippen LogP contribution in [0, 0.1) is 0 Å². The number of imidazole rings is 1. The highest BCUT2D eigenvalue weighted by molar-refractivity contribution is 6.33. The molecule has 2 atom stereocenters. The molecular formula is C16H14ClN5O3. The van der Waals surface area contributed by atoms with Gasteiger partial charge in [-0.05, 0) is 12.1 Å². The summed E-state index contributed by atoms with van der Waals surface area (Å²) in [7, 11) is 0. The molecule has 0 aliphatic carbocycles. The van der Waals surface area contributed by atoms with E-state index < -0.39 is 0 Å². The Kier molecular flexibility index (Phi) is 3.98. The van der Waals surface area contributed by atoms with Crippen LogP contribution in [0.1, 0.15) is 10.4 Å². The summed E-state index contributed by atoms with van der Waals surface area (Å²) in [6.07, 6.45) is 1.37. The molecule has 0 bridgehead atoms. The number of halogens is 1. The van der Waals surface area contributed by atoms with Crippen molar-refractivity contribution in [3.8, 4) is 0 Å². The maximum atomic E-state index is 11.9. The maximum Gasteiger partial charge on any atom is 0.338 e. The summed E-state index contributed by atoms with van der Waals surface area (Å²) in [6.45, 7) is 0.708. The molecule has 1 aliphatic heterocycles. The molecule has 0 amide bonds. The number of rotatable bonds is 5. The standard InChI is InChI=1S/C16H14ClN5O3/c17-13-12-14(21-16(18)20-13)22(8-19-12)6-10-11(25-10)7-24-15(23)9-4-2-1-3-5-9/h1-5,8,10-11H,6-7H2,(H2,18,20,21)/t10-,11+/m0/s1. The number of esters is 1. The topological polar surface area (TPSA) is 108 Å². The van der Waals surface area contributed by atoms with Gasteiger partial charge in [0.2, 0.25) is 5.95 Å². The minimum Gasteiger partial charge on any atom is -0.459 e. The van der Waals surface area contributed by atoms with Crippen molar-refractivity contribution in [1.29, 1.82) is 0 Å². The zero-order chi connectivity index (χ0) is 17.4. The van der Waals surface area contributed by atoms with E-state index in [9.17, 15) is 4.79 Å². The fourth-order valence-corrected chi connectivity index (χ4v) is 2.77. The number of carbonyl (C=O) groups excluding carboxylic acids is 1. The molecule has 0 saturated carbocycles. The Hall–Kier alpha value is -2.71. The Morgan fingerprint density at radius 3 is 2.88 bits per heavy atom. The number of anilines is 1. The number of hydrogen-bond donors (Lipinski definition) is 1. The van der Waals surface area contributed by atoms with E-state index in [2.05, 4.69) is 15.0 Å². The summed E-state index contributed by atoms with van der Waals surface area (Å²) in [5.74, 6) is -0.278. The molecule has 2 aromatic heterocycles. The van der Waals surface area contributed by atoms with Crippen LogP contribution in [0.4, 0.5) is 5.95 Å². The van der Waals surface area contributed by atoms with Crippen LogP contribution >= 0.6 is 11.6 Å². The first kappa shape index (κ1) is 15.8. The van der Waals surface area contributed by atoms with Gasteiger partial charge in [0, 0.05) is 0 Å². The quantitative estimate of drug-likeness (QED) is 0.419. The number of aromatic nitrogens is 4. The molecule has 25 heavy (non-hydrogen) atoms. The van der Waals surface area contributed by atoms with E-state index in [-0.39, 0.29) is 35.9 Å². The summed E-state index contributed by atoms with van der Waals surface area (Å²) in [4.78, 5) is 24.1. The summed E-state index contributed by atoms with van der Waals surface area (Å²) in [5.41, 5.74) is 7.18. The van der Waals surface area contributed by atoms with E-state index in [0.717, 1.165) is 0 Å². The third kappa shape index (κ3) is 3.26. The molecule has 2 N–H and O–H groups in total. The summed E-state index contributed by atoms with van der Waals surface area (Å²) in [6, 6.07) is 8.83. The average Bonchev–Trinajstić information content (AvgIpc) is 3.23. The van der Waals surface area contributed by atoms with Crippen molar-refractivity contribution in [2.75, 3.05) is 12.3 Å². The second-order valence-electron chi connectivity index (χ2n) is 5.62. The minimum absolute atomic E-state index is 0.0871. The van der Waals surface area contributed by atoms with Crippen LogP contribution in [0.5, 0.6) is 0 Å². The van der Waals surface area contributed by atoms with Gasteiger partial charge in [0.15, 0.2) is 10.8 Å². The number of carbonyl (C=O) groups is 1. The molecule has 1 saturated heterocycles. The number of ether oxygens (including phenoxy) is 2. The van der Waals surface area contributed by atoms with E-state index in [4.69, 9.17) is 26.8 Å². The number of benzene rings is 1. The molecule has 0 radical (unpaired) electrons. The minimum atomic E-state index is -0.366. The van der Waals surface area contributed by atoms with Gasteiger partial charge in [0.1, 0.15) is 24.3 Å². The Morgan fingerprint density at radius 1 is 1.28 bits per heavy atom. The van der Waals surface area contributed by atoms with Crippen molar-refractivity contribution >= 4 is 34.7 Å². The molecule has 1 fully saturated rings. The Labute approximate surface area is 147 Å². The van der Waals surface area contributed by atoms with E-state index in [1.54, 1.807) is 35.2 Å². The SMILES string of the molecule is Nc1nc(Cl)c2ncn(C[C@@H]3O[C@@H]3COC(=O)c3ccccc3)c2n1. The van der Waals surface area contributed by atoms with Gasteiger partial charge < -0.3 is 19.8 Å². The van der Waals surface area contributed by atoms with E-state index >= 15 is 0 Å². The molecular weight excluding hydrogens is 346 g/mol. The molecule has 3 aromatic rings. The maximum absolute atomic E-state index is 11.9. The number of hydrogen-bond acceptors (Lipinski definition) is 7. The van der Waals surface area contributed by atoms with Crippen LogP contribution in [0.2, 0.25) is 5.15 Å². The molecule has 1 aromatic carbocycles. The molecule has 0 unspecified atom stereocenters. The highest BCUT2D eigenvalue weighted by atomic mass is 35.5. The predicted molar refractivity (Wildman–Crippen MR) is 90.1 cm³/mol. The van der Waals surface area contributed by atoms with E-state index in [0.29, 0.717) is 23.3 Å². The molecule has 3 heterocycles. The zero-order valence-corrected chi connectivity index (χ0v) is 13.8. The third-order valence-electron chi connectivity index (χ3n) is 3.89. The lowest BCUT2D eigenvalue weighted by Crippen LogP contribution is -2.14. The van der Waals surface area contributed by atoms with Gasteiger partial charge in [0.05, 0.1) is 18.4 Å². The lowest BCUT2D eigenvalue weighted by molar-refractivity contribution is 0.0476. The molecule has 9 heteroatoms. The summed E-state index contributed by atoms with van der Waals surface area (Å²) in [5, 5.41) is 0.214. The van der Waals surface area contributed by atoms with Crippen LogP contribution < -0.4 is 5.73 Å². The number of nitrogens with two attached hydrogens (primary N) is 1. The average molecular weight is 360 g/mol. The second-order valence-corrected chi connectivity index (χ2v) is 5.98. The summed E-state index contributed by atoms with van der Waals surface area (Å²) >= 11 is 6.00. The first-order chi connectivity index (χ1) is 12.1. The Bertz CT molecular complexity index is 930. The normalized spacial score (nSPS) is 19.1. The highest BCUT2D eigenvalue weighted by Crippen LogP contribution is 2.27. The Balaban J connectivity index is 1.36. The molecule has 1 aliphatic rings. The van der Waals surface area contributed by atoms with Crippen molar-refractivity contribution in [2.45, 2.75) is 18.8 Å². The van der Waals surface area contributed by atoms with Crippen molar-refractivity contribution in [1.82, 2.24) is 19.5 Å². The monoisotopic (exact) mass is 359 g/mol. The predicted octanol–water partition coefficient (Wildman–Crippen LogP) is 1.69. The van der Waals surface area contributed by atoms with Crippen LogP contribution in [-0.4, -0.2) is 44.3 Å². The van der Waals surface area contributed by atoms with Crippen molar-refractivity contribution in [2.24, 2.45) is 0 Å². The molecule has 128 valence electrons. The van der Waals surface area contributed by atoms with Gasteiger partial charge >= 0.3 is 5.97 Å². The second kappa shape index (κ2) is 6.30. The third-order valence-corrected chi connectivity index (χ3v) is 4.15. The number of fused-ring (bicyclic) bond motifs is 1. The van der Waals surface area contributed by atoms with Crippen molar-refractivity contribution in [3.05, 3.63) is 47.4 Å². The Morgan fingerprint density at radius 2 is 2.08 bits per heavy atom. The first-order valence-corrected chi connectivity index (χ1v) is 8.01. The van der Waals surface area contributed by atoms with E-state index in [1.807, 2.05) is 6.07 Å². The van der Waals surface area contributed by atoms with Gasteiger partial charge in [-0.3, -0.25) is 0 Å². The van der Waals surface area contributed by atoms with Crippen molar-refractivity contribution in [3.63, 3.8) is 0 Å². The molecule has 0 spiro atoms. The lowest BCUT2D eigenvalue weighted by Gasteiger charge is -2.03. The number of nitrogens with zero attached hydrogens (tertiary/aromatic N) is 4. The number of epoxide rings is 1. The van der Waals surface area contributed by atoms with Gasteiger partial charge in [-0.1, -0.05) is 29.8 Å². The molecule has 4 rings (SSSR count). The van der Waals surface area contributed by atoms with Gasteiger partial charge in [-0.15, -0.1) is 0 Å². The van der Waals surface area contributed by atoms with Crippen molar-refractivity contribution < 1.29 is 14.3 Å². The first-order valence-electron chi connectivity index (χ1n) is 7.63. The largest absolute Gasteiger partial charge is 0.459 e. The fourth-order valence-electron chi connectivity index (χ4n) is 2.55. The smallest absolute Gasteiger partial charge is 0.338 e. The van der Waals surface area contributed by atoms with Gasteiger partial charge in [0.25, 0.3) is 0 Å². The van der Waals surface area contributed by atoms with Crippen LogP contribution in [0.15, 0.2) is 36.7 Å². The molecule has 8 nitrogen and oxygen atoms in total. The number of nitrogen functional groups attached to an aromatic ring is 1. The highest BCUT2D eigenvalue weighted by Gasteiger charge is 2.40. The van der Waals surface area contributed by atoms with E-state index in [1.165, 1.54) is 0 Å².